The molecule has 2 aromatic carbocycles. The van der Waals surface area contributed by atoms with Crippen molar-refractivity contribution in [2.45, 2.75) is 44.9 Å². The summed E-state index contributed by atoms with van der Waals surface area (Å²) in [6.07, 6.45) is 5.01. The summed E-state index contributed by atoms with van der Waals surface area (Å²) in [4.78, 5) is 26.8. The largest absolute Gasteiger partial charge is 0.478 e. The molecule has 0 spiro atoms. The third kappa shape index (κ3) is 4.89. The van der Waals surface area contributed by atoms with Crippen molar-refractivity contribution < 1.29 is 9.90 Å². The molecule has 176 valence electrons. The van der Waals surface area contributed by atoms with E-state index in [-0.39, 0.29) is 35.1 Å². The standard InChI is InChI=1S/C26H27N5O2.BrH/c27-14-20-13-18(26(32)33)10-11-19(20)15-31(16-24-29-21-7-1-2-8-22(21)30-24)23-9-3-5-17-6-4-12-28-25(17)23;/h1-2,4,6-8,10-13,23H,3,5,9,14-16,27H2,(H,29,30)(H,32,33);1H. The fourth-order valence-corrected chi connectivity index (χ4v) is 4.81. The maximum atomic E-state index is 11.4. The van der Waals surface area contributed by atoms with Crippen LogP contribution in [0.2, 0.25) is 0 Å². The second-order valence-electron chi connectivity index (χ2n) is 8.55. The van der Waals surface area contributed by atoms with Crippen LogP contribution in [0, 0.1) is 0 Å². The highest BCUT2D eigenvalue weighted by atomic mass is 79.9. The van der Waals surface area contributed by atoms with Gasteiger partial charge in [0.15, 0.2) is 0 Å². The minimum absolute atomic E-state index is 0. The highest BCUT2D eigenvalue weighted by molar-refractivity contribution is 8.93. The van der Waals surface area contributed by atoms with Crippen LogP contribution in [-0.2, 0) is 26.1 Å². The fourth-order valence-electron chi connectivity index (χ4n) is 4.81. The highest BCUT2D eigenvalue weighted by Crippen LogP contribution is 2.35. The summed E-state index contributed by atoms with van der Waals surface area (Å²) in [6, 6.07) is 17.6. The van der Waals surface area contributed by atoms with Crippen LogP contribution in [0.4, 0.5) is 0 Å². The molecule has 1 unspecified atom stereocenters. The number of aromatic nitrogens is 3. The van der Waals surface area contributed by atoms with E-state index in [9.17, 15) is 9.90 Å². The molecule has 4 N–H and O–H groups in total. The fraction of sp³-hybridized carbons (Fsp3) is 0.269. The Labute approximate surface area is 208 Å². The Morgan fingerprint density at radius 1 is 1.12 bits per heavy atom. The average molecular weight is 522 g/mol. The summed E-state index contributed by atoms with van der Waals surface area (Å²) >= 11 is 0. The molecule has 0 saturated carbocycles. The van der Waals surface area contributed by atoms with Gasteiger partial charge in [-0.05, 0) is 66.3 Å². The molecule has 1 aliphatic rings. The number of hydrogen-bond acceptors (Lipinski definition) is 5. The van der Waals surface area contributed by atoms with Gasteiger partial charge in [-0.1, -0.05) is 24.3 Å². The predicted octanol–water partition coefficient (Wildman–Crippen LogP) is 4.77. The van der Waals surface area contributed by atoms with Gasteiger partial charge in [0.1, 0.15) is 5.82 Å². The third-order valence-electron chi connectivity index (χ3n) is 6.44. The number of H-pyrrole nitrogens is 1. The first-order valence-corrected chi connectivity index (χ1v) is 11.3. The minimum Gasteiger partial charge on any atom is -0.478 e. The molecular formula is C26H28BrN5O2. The van der Waals surface area contributed by atoms with Gasteiger partial charge in [-0.3, -0.25) is 9.88 Å². The van der Waals surface area contributed by atoms with E-state index in [1.54, 1.807) is 12.1 Å². The number of imidazole rings is 1. The SMILES string of the molecule is Br.NCc1cc(C(=O)O)ccc1CN(Cc1nc2ccccc2[nH]1)C1CCCc2cccnc21. The van der Waals surface area contributed by atoms with E-state index in [2.05, 4.69) is 16.0 Å². The average Bonchev–Trinajstić information content (AvgIpc) is 3.26. The van der Waals surface area contributed by atoms with E-state index in [0.29, 0.717) is 13.1 Å². The Kier molecular flexibility index (Phi) is 7.41. The number of nitrogens with two attached hydrogens (primary N) is 1. The van der Waals surface area contributed by atoms with Crippen LogP contribution in [0.5, 0.6) is 0 Å². The number of nitrogens with one attached hydrogen (secondary N) is 1. The molecule has 1 aliphatic carbocycles. The quantitative estimate of drug-likeness (QED) is 0.323. The number of carboxylic acid groups (broad SMARTS) is 1. The Balaban J connectivity index is 0.00000274. The second-order valence-corrected chi connectivity index (χ2v) is 8.55. The van der Waals surface area contributed by atoms with E-state index < -0.39 is 5.97 Å². The molecule has 1 atom stereocenters. The third-order valence-corrected chi connectivity index (χ3v) is 6.44. The van der Waals surface area contributed by atoms with Crippen molar-refractivity contribution >= 4 is 34.0 Å². The van der Waals surface area contributed by atoms with Crippen LogP contribution in [0.15, 0.2) is 60.8 Å². The van der Waals surface area contributed by atoms with Crippen LogP contribution in [0.25, 0.3) is 11.0 Å². The number of fused-ring (bicyclic) bond motifs is 2. The molecule has 0 fully saturated rings. The molecule has 0 radical (unpaired) electrons. The van der Waals surface area contributed by atoms with Crippen LogP contribution in [-0.4, -0.2) is 30.9 Å². The lowest BCUT2D eigenvalue weighted by Gasteiger charge is -2.35. The molecule has 0 amide bonds. The smallest absolute Gasteiger partial charge is 0.335 e. The summed E-state index contributed by atoms with van der Waals surface area (Å²) < 4.78 is 0. The Morgan fingerprint density at radius 3 is 2.76 bits per heavy atom. The number of benzene rings is 2. The van der Waals surface area contributed by atoms with Gasteiger partial charge in [0.25, 0.3) is 0 Å². The number of carbonyl (C=O) groups is 1. The van der Waals surface area contributed by atoms with Crippen molar-refractivity contribution in [1.82, 2.24) is 19.9 Å². The first-order chi connectivity index (χ1) is 16.1. The van der Waals surface area contributed by atoms with E-state index >= 15 is 0 Å². The van der Waals surface area contributed by atoms with Gasteiger partial charge in [-0.25, -0.2) is 9.78 Å². The zero-order valence-corrected chi connectivity index (χ0v) is 20.5. The summed E-state index contributed by atoms with van der Waals surface area (Å²) in [6.45, 7) is 1.54. The van der Waals surface area contributed by atoms with Crippen molar-refractivity contribution in [3.8, 4) is 0 Å². The summed E-state index contributed by atoms with van der Waals surface area (Å²) in [5.74, 6) is -0.0449. The molecule has 2 aromatic heterocycles. The van der Waals surface area contributed by atoms with Gasteiger partial charge in [-0.2, -0.15) is 0 Å². The summed E-state index contributed by atoms with van der Waals surface area (Å²) in [5, 5.41) is 9.38. The first-order valence-electron chi connectivity index (χ1n) is 11.3. The lowest BCUT2D eigenvalue weighted by Crippen LogP contribution is -2.32. The van der Waals surface area contributed by atoms with E-state index in [1.165, 1.54) is 5.56 Å². The number of hydrogen-bond donors (Lipinski definition) is 3. The van der Waals surface area contributed by atoms with E-state index in [1.807, 2.05) is 42.6 Å². The number of carboxylic acids is 1. The number of aromatic amines is 1. The molecular weight excluding hydrogens is 494 g/mol. The zero-order valence-electron chi connectivity index (χ0n) is 18.8. The van der Waals surface area contributed by atoms with Gasteiger partial charge >= 0.3 is 5.97 Å². The molecule has 0 aliphatic heterocycles. The summed E-state index contributed by atoms with van der Waals surface area (Å²) in [7, 11) is 0. The van der Waals surface area contributed by atoms with Crippen molar-refractivity contribution in [3.63, 3.8) is 0 Å². The van der Waals surface area contributed by atoms with Crippen molar-refractivity contribution in [3.05, 3.63) is 94.6 Å². The highest BCUT2D eigenvalue weighted by Gasteiger charge is 2.28. The van der Waals surface area contributed by atoms with Gasteiger partial charge in [0.05, 0.1) is 34.9 Å². The molecule has 0 saturated heterocycles. The van der Waals surface area contributed by atoms with Gasteiger partial charge < -0.3 is 15.8 Å². The molecule has 7 nitrogen and oxygen atoms in total. The maximum absolute atomic E-state index is 11.4. The van der Waals surface area contributed by atoms with Crippen molar-refractivity contribution in [2.75, 3.05) is 0 Å². The summed E-state index contributed by atoms with van der Waals surface area (Å²) in [5.41, 5.74) is 12.5. The zero-order chi connectivity index (χ0) is 22.8. The van der Waals surface area contributed by atoms with Gasteiger partial charge in [0.2, 0.25) is 0 Å². The van der Waals surface area contributed by atoms with E-state index in [4.69, 9.17) is 15.7 Å². The molecule has 4 aromatic rings. The monoisotopic (exact) mass is 521 g/mol. The Morgan fingerprint density at radius 2 is 1.97 bits per heavy atom. The predicted molar refractivity (Wildman–Crippen MR) is 137 cm³/mol. The van der Waals surface area contributed by atoms with Crippen molar-refractivity contribution in [2.24, 2.45) is 5.73 Å². The Bertz CT molecular complexity index is 1270. The maximum Gasteiger partial charge on any atom is 0.335 e. The normalized spacial score (nSPS) is 15.2. The molecule has 5 rings (SSSR count). The number of para-hydroxylation sites is 2. The van der Waals surface area contributed by atoms with Gasteiger partial charge in [0, 0.05) is 19.3 Å². The molecule has 8 heteroatoms. The number of halogens is 1. The van der Waals surface area contributed by atoms with Gasteiger partial charge in [-0.15, -0.1) is 17.0 Å². The lowest BCUT2D eigenvalue weighted by atomic mass is 9.90. The second kappa shape index (κ2) is 10.5. The van der Waals surface area contributed by atoms with Crippen LogP contribution in [0.1, 0.15) is 57.5 Å². The number of nitrogens with zero attached hydrogens (tertiary/aromatic N) is 3. The molecule has 0 bridgehead atoms. The number of rotatable bonds is 7. The topological polar surface area (TPSA) is 108 Å². The number of pyridine rings is 1. The number of aromatic carboxylic acids is 1. The van der Waals surface area contributed by atoms with Crippen molar-refractivity contribution in [1.29, 1.82) is 0 Å². The molecule has 34 heavy (non-hydrogen) atoms. The van der Waals surface area contributed by atoms with Crippen LogP contribution in [0.3, 0.4) is 0 Å². The minimum atomic E-state index is -0.944. The molecule has 2 heterocycles. The first kappa shape index (κ1) is 24.1. The number of aryl methyl sites for hydroxylation is 1. The van der Waals surface area contributed by atoms with Crippen LogP contribution < -0.4 is 5.73 Å². The lowest BCUT2D eigenvalue weighted by molar-refractivity contribution is 0.0696. The van der Waals surface area contributed by atoms with Crippen LogP contribution >= 0.6 is 17.0 Å². The van der Waals surface area contributed by atoms with E-state index in [0.717, 1.165) is 52.9 Å². The Hall–Kier alpha value is -3.07.